The number of hydrogen-bond donors (Lipinski definition) is 1. The summed E-state index contributed by atoms with van der Waals surface area (Å²) in [5, 5.41) is 5.35. The minimum Gasteiger partial charge on any atom is -0.481 e. The molecule has 0 atom stereocenters. The number of methoxy groups -OCH3 is 1. The number of benzene rings is 2. The number of pyridine rings is 1. The summed E-state index contributed by atoms with van der Waals surface area (Å²) in [6.07, 6.45) is 1.46. The molecule has 2 N–H and O–H groups in total. The Morgan fingerprint density at radius 3 is 2.33 bits per heavy atom. The van der Waals surface area contributed by atoms with Crippen molar-refractivity contribution in [2.75, 3.05) is 7.11 Å². The van der Waals surface area contributed by atoms with E-state index in [0.29, 0.717) is 17.0 Å². The van der Waals surface area contributed by atoms with E-state index in [0.717, 1.165) is 6.07 Å². The van der Waals surface area contributed by atoms with Crippen LogP contribution in [0.15, 0.2) is 74.9 Å². The first-order valence-electron chi connectivity index (χ1n) is 8.68. The van der Waals surface area contributed by atoms with E-state index in [1.165, 1.54) is 49.7 Å². The summed E-state index contributed by atoms with van der Waals surface area (Å²) in [5.41, 5.74) is 0.759. The number of rotatable bonds is 4. The van der Waals surface area contributed by atoms with E-state index in [9.17, 15) is 17.6 Å². The number of primary sulfonamides is 1. The van der Waals surface area contributed by atoms with E-state index in [-0.39, 0.29) is 32.6 Å². The van der Waals surface area contributed by atoms with Crippen molar-refractivity contribution in [1.82, 2.24) is 4.98 Å². The Hall–Kier alpha value is -3.56. The van der Waals surface area contributed by atoms with Crippen molar-refractivity contribution in [1.29, 1.82) is 0 Å². The van der Waals surface area contributed by atoms with Crippen LogP contribution in [-0.2, 0) is 10.0 Å². The number of halogens is 1. The predicted molar refractivity (Wildman–Crippen MR) is 109 cm³/mol. The average Bonchev–Trinajstić information content (AvgIpc) is 2.73. The summed E-state index contributed by atoms with van der Waals surface area (Å²) in [7, 11) is -2.41. The fourth-order valence-electron chi connectivity index (χ4n) is 3.08. The van der Waals surface area contributed by atoms with Gasteiger partial charge in [0, 0.05) is 29.5 Å². The number of nitrogens with zero attached hydrogens (tertiary/aromatic N) is 1. The molecule has 0 radical (unpaired) electrons. The monoisotopic (exact) mass is 426 g/mol. The number of aromatic nitrogens is 1. The van der Waals surface area contributed by atoms with Crippen LogP contribution in [0.25, 0.3) is 33.4 Å². The largest absolute Gasteiger partial charge is 0.481 e. The lowest BCUT2D eigenvalue weighted by Gasteiger charge is -2.11. The minimum absolute atomic E-state index is 0.0655. The molecule has 0 aliphatic carbocycles. The molecule has 2 heterocycles. The lowest BCUT2D eigenvalue weighted by atomic mass is 9.99. The van der Waals surface area contributed by atoms with Gasteiger partial charge in [-0.1, -0.05) is 0 Å². The highest BCUT2D eigenvalue weighted by molar-refractivity contribution is 7.89. The maximum Gasteiger partial charge on any atom is 0.238 e. The fourth-order valence-corrected chi connectivity index (χ4v) is 3.59. The summed E-state index contributed by atoms with van der Waals surface area (Å²) in [5.74, 6) is -0.0453. The van der Waals surface area contributed by atoms with Gasteiger partial charge in [0.15, 0.2) is 0 Å². The van der Waals surface area contributed by atoms with E-state index >= 15 is 0 Å². The number of nitrogens with two attached hydrogens (primary N) is 1. The van der Waals surface area contributed by atoms with Crippen LogP contribution in [-0.4, -0.2) is 20.5 Å². The van der Waals surface area contributed by atoms with Gasteiger partial charge >= 0.3 is 0 Å². The topological polar surface area (TPSA) is 112 Å². The Labute approximate surface area is 170 Å². The first-order chi connectivity index (χ1) is 14.3. The maximum atomic E-state index is 13.7. The van der Waals surface area contributed by atoms with Crippen LogP contribution in [0.4, 0.5) is 4.39 Å². The van der Waals surface area contributed by atoms with E-state index in [1.807, 2.05) is 0 Å². The summed E-state index contributed by atoms with van der Waals surface area (Å²) in [6.45, 7) is 0. The molecule has 2 aromatic carbocycles. The third-order valence-electron chi connectivity index (χ3n) is 4.53. The quantitative estimate of drug-likeness (QED) is 0.536. The van der Waals surface area contributed by atoms with E-state index in [4.69, 9.17) is 14.3 Å². The second-order valence-corrected chi connectivity index (χ2v) is 8.00. The number of hydrogen-bond acceptors (Lipinski definition) is 6. The Morgan fingerprint density at radius 1 is 1.03 bits per heavy atom. The van der Waals surface area contributed by atoms with Crippen molar-refractivity contribution in [3.8, 4) is 28.3 Å². The van der Waals surface area contributed by atoms with Crippen molar-refractivity contribution in [3.05, 3.63) is 76.8 Å². The molecule has 2 aromatic heterocycles. The molecule has 7 nitrogen and oxygen atoms in total. The van der Waals surface area contributed by atoms with Crippen molar-refractivity contribution in [2.45, 2.75) is 4.90 Å². The van der Waals surface area contributed by atoms with Crippen LogP contribution >= 0.6 is 0 Å². The van der Waals surface area contributed by atoms with E-state index < -0.39 is 15.8 Å². The lowest BCUT2D eigenvalue weighted by Crippen LogP contribution is -2.12. The van der Waals surface area contributed by atoms with Crippen molar-refractivity contribution >= 4 is 21.0 Å². The molecule has 9 heteroatoms. The first-order valence-corrected chi connectivity index (χ1v) is 10.2. The number of fused-ring (bicyclic) bond motifs is 1. The van der Waals surface area contributed by atoms with Crippen molar-refractivity contribution < 1.29 is 22.0 Å². The highest BCUT2D eigenvalue weighted by Gasteiger charge is 2.19. The second kappa shape index (κ2) is 7.36. The molecule has 0 aliphatic heterocycles. The third kappa shape index (κ3) is 3.56. The molecule has 0 saturated heterocycles. The summed E-state index contributed by atoms with van der Waals surface area (Å²) < 4.78 is 47.8. The van der Waals surface area contributed by atoms with Gasteiger partial charge in [-0.2, -0.15) is 0 Å². The first kappa shape index (κ1) is 19.7. The van der Waals surface area contributed by atoms with Crippen LogP contribution in [0.2, 0.25) is 0 Å². The highest BCUT2D eigenvalue weighted by atomic mass is 32.2. The number of sulfonamides is 1. The molecule has 152 valence electrons. The van der Waals surface area contributed by atoms with Gasteiger partial charge in [-0.05, 0) is 42.5 Å². The van der Waals surface area contributed by atoms with Crippen LogP contribution < -0.4 is 15.3 Å². The van der Waals surface area contributed by atoms with Gasteiger partial charge in [0.1, 0.15) is 17.2 Å². The molecule has 0 spiro atoms. The van der Waals surface area contributed by atoms with Gasteiger partial charge in [-0.3, -0.25) is 4.79 Å². The van der Waals surface area contributed by atoms with E-state index in [1.54, 1.807) is 12.1 Å². The molecule has 0 saturated carbocycles. The molecule has 4 aromatic rings. The zero-order valence-corrected chi connectivity index (χ0v) is 16.4. The van der Waals surface area contributed by atoms with Crippen molar-refractivity contribution in [2.24, 2.45) is 5.14 Å². The van der Waals surface area contributed by atoms with Crippen LogP contribution in [0.5, 0.6) is 5.88 Å². The average molecular weight is 426 g/mol. The lowest BCUT2D eigenvalue weighted by molar-refractivity contribution is 0.398. The Balaban J connectivity index is 2.02. The van der Waals surface area contributed by atoms with Gasteiger partial charge in [-0.15, -0.1) is 0 Å². The van der Waals surface area contributed by atoms with Gasteiger partial charge in [-0.25, -0.2) is 22.9 Å². The molecular formula is C21H15FN2O5S. The minimum atomic E-state index is -3.89. The number of ether oxygens (including phenoxy) is 1. The maximum absolute atomic E-state index is 13.7. The highest BCUT2D eigenvalue weighted by Crippen LogP contribution is 2.33. The van der Waals surface area contributed by atoms with E-state index in [2.05, 4.69) is 4.98 Å². The molecule has 0 unspecified atom stereocenters. The Kier molecular flexibility index (Phi) is 4.84. The Bertz CT molecular complexity index is 1410. The molecule has 0 aliphatic rings. The standard InChI is InChI=1S/C21H15FN2O5S/c1-28-18-9-4-13(11-24-18)19-20(25)16-8-5-14(22)10-17(16)29-21(19)12-2-6-15(7-3-12)30(23,26)27/h2-11H,1H3,(H2,23,26,27). The molecule has 0 bridgehead atoms. The molecule has 30 heavy (non-hydrogen) atoms. The normalized spacial score (nSPS) is 11.6. The third-order valence-corrected chi connectivity index (χ3v) is 5.46. The van der Waals surface area contributed by atoms with Gasteiger partial charge in [0.2, 0.25) is 21.3 Å². The van der Waals surface area contributed by atoms with Crippen LogP contribution in [0.1, 0.15) is 0 Å². The smallest absolute Gasteiger partial charge is 0.238 e. The fraction of sp³-hybridized carbons (Fsp3) is 0.0476. The van der Waals surface area contributed by atoms with Gasteiger partial charge in [0.05, 0.1) is 23.0 Å². The second-order valence-electron chi connectivity index (χ2n) is 6.43. The molecular weight excluding hydrogens is 411 g/mol. The zero-order chi connectivity index (χ0) is 21.5. The summed E-state index contributed by atoms with van der Waals surface area (Å²) in [6, 6.07) is 12.4. The SMILES string of the molecule is COc1ccc(-c2c(-c3ccc(S(N)(=O)=O)cc3)oc3cc(F)ccc3c2=O)cn1. The van der Waals surface area contributed by atoms with Crippen LogP contribution in [0, 0.1) is 5.82 Å². The molecule has 0 amide bonds. The zero-order valence-electron chi connectivity index (χ0n) is 15.6. The molecule has 4 rings (SSSR count). The van der Waals surface area contributed by atoms with Crippen LogP contribution in [0.3, 0.4) is 0 Å². The summed E-state index contributed by atoms with van der Waals surface area (Å²) in [4.78, 5) is 17.3. The molecule has 0 fully saturated rings. The predicted octanol–water partition coefficient (Wildman–Crippen LogP) is 3.32. The van der Waals surface area contributed by atoms with Crippen molar-refractivity contribution in [3.63, 3.8) is 0 Å². The summed E-state index contributed by atoms with van der Waals surface area (Å²) >= 11 is 0. The van der Waals surface area contributed by atoms with Gasteiger partial charge < -0.3 is 9.15 Å². The van der Waals surface area contributed by atoms with Gasteiger partial charge in [0.25, 0.3) is 0 Å². The Morgan fingerprint density at radius 2 is 1.73 bits per heavy atom.